The first kappa shape index (κ1) is 28.2. The number of amides is 2. The van der Waals surface area contributed by atoms with E-state index in [1.807, 2.05) is 43.9 Å². The molecule has 1 aromatic carbocycles. The van der Waals surface area contributed by atoms with Gasteiger partial charge in [-0.3, -0.25) is 10.1 Å². The summed E-state index contributed by atoms with van der Waals surface area (Å²) in [5.74, 6) is 1.51. The van der Waals surface area contributed by atoms with Crippen molar-refractivity contribution in [1.29, 1.82) is 0 Å². The lowest BCUT2D eigenvalue weighted by Crippen LogP contribution is -2.71. The number of benzene rings is 1. The van der Waals surface area contributed by atoms with Crippen LogP contribution in [0.5, 0.6) is 0 Å². The summed E-state index contributed by atoms with van der Waals surface area (Å²) in [5, 5.41) is 7.22. The maximum atomic E-state index is 14.5. The van der Waals surface area contributed by atoms with Crippen molar-refractivity contribution in [2.24, 2.45) is 10.8 Å². The van der Waals surface area contributed by atoms with Crippen molar-refractivity contribution in [3.63, 3.8) is 0 Å². The van der Waals surface area contributed by atoms with Crippen LogP contribution in [0.2, 0.25) is 0 Å². The van der Waals surface area contributed by atoms with Crippen molar-refractivity contribution in [1.82, 2.24) is 10.1 Å². The molecule has 6 fully saturated rings. The van der Waals surface area contributed by atoms with Crippen LogP contribution >= 0.6 is 0 Å². The zero-order chi connectivity index (χ0) is 29.5. The van der Waals surface area contributed by atoms with E-state index in [2.05, 4.69) is 31.2 Å². The van der Waals surface area contributed by atoms with Crippen LogP contribution in [0.3, 0.4) is 0 Å². The van der Waals surface area contributed by atoms with Crippen LogP contribution < -0.4 is 10.2 Å². The number of nitrogens with one attached hydrogen (secondary N) is 1. The summed E-state index contributed by atoms with van der Waals surface area (Å²) < 4.78 is 25.6. The number of hydrogen-bond donors (Lipinski definition) is 1. The lowest BCUT2D eigenvalue weighted by Gasteiger charge is -2.65. The SMILES string of the molecule is CC(C)(C)OC(=O)Nc1cccc(N(CC23CCC(c4noc(C(C)(C)C)n4)(CC2)CC3)C(=O)C23CC(F)(C2)C3)c1. The van der Waals surface area contributed by atoms with Crippen LogP contribution in [0.15, 0.2) is 28.8 Å². The van der Waals surface area contributed by atoms with E-state index in [1.54, 1.807) is 6.07 Å². The Morgan fingerprint density at radius 2 is 1.66 bits per heavy atom. The van der Waals surface area contributed by atoms with Gasteiger partial charge in [0.1, 0.15) is 11.3 Å². The second kappa shape index (κ2) is 9.01. The first-order valence-corrected chi connectivity index (χ1v) is 15.0. The molecule has 222 valence electrons. The van der Waals surface area contributed by atoms with Gasteiger partial charge in [0.2, 0.25) is 11.8 Å². The molecule has 6 aliphatic carbocycles. The van der Waals surface area contributed by atoms with E-state index in [0.717, 1.165) is 50.0 Å². The molecule has 0 aliphatic heterocycles. The van der Waals surface area contributed by atoms with Gasteiger partial charge in [0, 0.05) is 28.7 Å². The number of carbonyl (C=O) groups excluding carboxylic acids is 2. The number of alkyl halides is 1. The zero-order valence-corrected chi connectivity index (χ0v) is 25.2. The van der Waals surface area contributed by atoms with Crippen LogP contribution in [-0.2, 0) is 20.4 Å². The fourth-order valence-corrected chi connectivity index (χ4v) is 7.55. The summed E-state index contributed by atoms with van der Waals surface area (Å²) in [6.07, 6.45) is 6.16. The third-order valence-electron chi connectivity index (χ3n) is 9.90. The average Bonchev–Trinajstić information content (AvgIpc) is 3.37. The van der Waals surface area contributed by atoms with Gasteiger partial charge in [0.25, 0.3) is 0 Å². The Bertz CT molecular complexity index is 1330. The number of aromatic nitrogens is 2. The Hall–Kier alpha value is -2.97. The largest absolute Gasteiger partial charge is 0.444 e. The molecule has 9 heteroatoms. The number of rotatable bonds is 6. The highest BCUT2D eigenvalue weighted by atomic mass is 19.1. The van der Waals surface area contributed by atoms with E-state index in [1.165, 1.54) is 0 Å². The first-order chi connectivity index (χ1) is 19.0. The molecule has 4 bridgehead atoms. The third kappa shape index (κ3) is 5.03. The Labute approximate surface area is 241 Å². The van der Waals surface area contributed by atoms with E-state index in [4.69, 9.17) is 14.2 Å². The van der Waals surface area contributed by atoms with Gasteiger partial charge in [-0.1, -0.05) is 32.0 Å². The number of anilines is 2. The zero-order valence-electron chi connectivity index (χ0n) is 25.2. The van der Waals surface area contributed by atoms with E-state index in [9.17, 15) is 14.0 Å². The molecule has 1 N–H and O–H groups in total. The van der Waals surface area contributed by atoms with Gasteiger partial charge >= 0.3 is 6.09 Å². The van der Waals surface area contributed by atoms with Crippen LogP contribution in [0, 0.1) is 10.8 Å². The van der Waals surface area contributed by atoms with Gasteiger partial charge in [0.05, 0.1) is 5.41 Å². The van der Waals surface area contributed by atoms with Crippen LogP contribution in [0.25, 0.3) is 0 Å². The van der Waals surface area contributed by atoms with Crippen LogP contribution in [0.1, 0.15) is 111 Å². The fourth-order valence-electron chi connectivity index (χ4n) is 7.55. The van der Waals surface area contributed by atoms with Gasteiger partial charge in [-0.2, -0.15) is 4.98 Å². The molecule has 0 spiro atoms. The summed E-state index contributed by atoms with van der Waals surface area (Å²) in [5.41, 5.74) is -1.39. The second-order valence-electron chi connectivity index (χ2n) is 15.5. The number of carbonyl (C=O) groups is 2. The van der Waals surface area contributed by atoms with Crippen LogP contribution in [-0.4, -0.2) is 40.0 Å². The summed E-state index contributed by atoms with van der Waals surface area (Å²) in [7, 11) is 0. The predicted molar refractivity (Wildman–Crippen MR) is 154 cm³/mol. The quantitative estimate of drug-likeness (QED) is 0.396. The minimum absolute atomic E-state index is 0.0104. The molecule has 0 unspecified atom stereocenters. The molecular formula is C32H43FN4O4. The Balaban J connectivity index is 1.22. The van der Waals surface area contributed by atoms with E-state index in [-0.39, 0.29) is 22.2 Å². The van der Waals surface area contributed by atoms with Crippen LogP contribution in [0.4, 0.5) is 20.6 Å². The molecule has 8 nitrogen and oxygen atoms in total. The average molecular weight is 567 g/mol. The molecule has 1 heterocycles. The van der Waals surface area contributed by atoms with Crippen molar-refractivity contribution in [2.75, 3.05) is 16.8 Å². The Kier molecular flexibility index (Phi) is 6.19. The minimum atomic E-state index is -1.16. The van der Waals surface area contributed by atoms with Crippen molar-refractivity contribution in [3.05, 3.63) is 36.0 Å². The molecule has 8 rings (SSSR count). The number of nitrogens with zero attached hydrogens (tertiary/aromatic N) is 3. The van der Waals surface area contributed by atoms with Gasteiger partial charge in [-0.15, -0.1) is 0 Å². The van der Waals surface area contributed by atoms with Crippen molar-refractivity contribution in [2.45, 2.75) is 121 Å². The Morgan fingerprint density at radius 1 is 1.02 bits per heavy atom. The Morgan fingerprint density at radius 3 is 2.20 bits per heavy atom. The highest BCUT2D eigenvalue weighted by molar-refractivity contribution is 6.01. The first-order valence-electron chi connectivity index (χ1n) is 15.0. The van der Waals surface area contributed by atoms with E-state index in [0.29, 0.717) is 37.4 Å². The number of ether oxygens (including phenoxy) is 1. The highest BCUT2D eigenvalue weighted by Gasteiger charge is 2.73. The lowest BCUT2D eigenvalue weighted by atomic mass is 9.41. The monoisotopic (exact) mass is 566 g/mol. The number of fused-ring (bicyclic) bond motifs is 3. The molecule has 0 saturated heterocycles. The van der Waals surface area contributed by atoms with Crippen molar-refractivity contribution < 1.29 is 23.2 Å². The van der Waals surface area contributed by atoms with Gasteiger partial charge in [-0.25, -0.2) is 9.18 Å². The molecule has 2 amide bonds. The minimum Gasteiger partial charge on any atom is -0.444 e. The van der Waals surface area contributed by atoms with E-state index < -0.39 is 22.8 Å². The maximum absolute atomic E-state index is 14.5. The summed E-state index contributed by atoms with van der Waals surface area (Å²) in [4.78, 5) is 33.3. The number of hydrogen-bond acceptors (Lipinski definition) is 6. The highest BCUT2D eigenvalue weighted by Crippen LogP contribution is 2.70. The molecule has 41 heavy (non-hydrogen) atoms. The molecule has 6 saturated carbocycles. The normalized spacial score (nSPS) is 32.1. The van der Waals surface area contributed by atoms with Crippen molar-refractivity contribution >= 4 is 23.4 Å². The topological polar surface area (TPSA) is 97.6 Å². The number of halogens is 1. The lowest BCUT2D eigenvalue weighted by molar-refractivity contribution is -0.211. The molecule has 2 aromatic rings. The second-order valence-corrected chi connectivity index (χ2v) is 15.5. The van der Waals surface area contributed by atoms with Gasteiger partial charge < -0.3 is 14.2 Å². The molecule has 1 aromatic heterocycles. The third-order valence-corrected chi connectivity index (χ3v) is 9.90. The smallest absolute Gasteiger partial charge is 0.412 e. The maximum Gasteiger partial charge on any atom is 0.412 e. The standard InChI is InChI=1S/C32H43FN4O4/c1-27(2,3)24-35-23(36-41-24)30-13-10-29(11-14-30,12-15-30)20-37(25(38)31-17-32(33,18-31)19-31)22-9-7-8-21(16-22)34-26(39)40-28(4,5)6/h7-9,16H,10-15,17-20H2,1-6H3,(H,34,39). The summed E-state index contributed by atoms with van der Waals surface area (Å²) in [6, 6.07) is 7.37. The molecular weight excluding hydrogens is 523 g/mol. The molecule has 0 radical (unpaired) electrons. The molecule has 6 aliphatic rings. The van der Waals surface area contributed by atoms with Gasteiger partial charge in [-0.05, 0) is 102 Å². The van der Waals surface area contributed by atoms with Crippen molar-refractivity contribution in [3.8, 4) is 0 Å². The van der Waals surface area contributed by atoms with Gasteiger partial charge in [0.15, 0.2) is 5.82 Å². The molecule has 0 atom stereocenters. The summed E-state index contributed by atoms with van der Waals surface area (Å²) in [6.45, 7) is 12.3. The summed E-state index contributed by atoms with van der Waals surface area (Å²) >= 11 is 0. The van der Waals surface area contributed by atoms with E-state index >= 15 is 0 Å². The fraction of sp³-hybridized carbons (Fsp3) is 0.688. The predicted octanol–water partition coefficient (Wildman–Crippen LogP) is 7.23.